The van der Waals surface area contributed by atoms with E-state index in [1.165, 1.54) is 0 Å². The van der Waals surface area contributed by atoms with Crippen molar-refractivity contribution in [1.82, 2.24) is 4.90 Å². The van der Waals surface area contributed by atoms with Crippen LogP contribution in [0.25, 0.3) is 0 Å². The molecule has 0 rings (SSSR count). The second-order valence-corrected chi connectivity index (χ2v) is 3.38. The molecule has 16 heavy (non-hydrogen) atoms. The second kappa shape index (κ2) is 9.00. The van der Waals surface area contributed by atoms with Crippen LogP contribution in [0, 0.1) is 0 Å². The zero-order chi connectivity index (χ0) is 12.4. The summed E-state index contributed by atoms with van der Waals surface area (Å²) in [6.45, 7) is 6.64. The third-order valence-corrected chi connectivity index (χ3v) is 1.75. The zero-order valence-corrected chi connectivity index (χ0v) is 10.3. The summed E-state index contributed by atoms with van der Waals surface area (Å²) in [6.07, 6.45) is 0.906. The number of rotatable bonds is 6. The number of nitrogens with zero attached hydrogens (tertiary/aromatic N) is 1. The summed E-state index contributed by atoms with van der Waals surface area (Å²) in [4.78, 5) is 24.0. The highest BCUT2D eigenvalue weighted by Gasteiger charge is 2.22. The van der Waals surface area contributed by atoms with Gasteiger partial charge in [0.25, 0.3) is 0 Å². The van der Waals surface area contributed by atoms with Crippen LogP contribution in [0.4, 0.5) is 9.59 Å². The predicted octanol–water partition coefficient (Wildman–Crippen LogP) is 2.79. The number of carbonyl (C=O) groups is 2. The van der Waals surface area contributed by atoms with Gasteiger partial charge in [-0.2, -0.15) is 0 Å². The van der Waals surface area contributed by atoms with Gasteiger partial charge < -0.3 is 9.47 Å². The normalized spacial score (nSPS) is 9.69. The van der Waals surface area contributed by atoms with Crippen LogP contribution < -0.4 is 0 Å². The maximum Gasteiger partial charge on any atom is 0.419 e. The van der Waals surface area contributed by atoms with Crippen molar-refractivity contribution < 1.29 is 19.1 Å². The van der Waals surface area contributed by atoms with Gasteiger partial charge in [0.15, 0.2) is 0 Å². The fourth-order valence-corrected chi connectivity index (χ4v) is 1.02. The van der Waals surface area contributed by atoms with Gasteiger partial charge in [0.1, 0.15) is 0 Å². The van der Waals surface area contributed by atoms with E-state index >= 15 is 0 Å². The number of hydrogen-bond donors (Lipinski definition) is 0. The zero-order valence-electron chi connectivity index (χ0n) is 10.3. The van der Waals surface area contributed by atoms with Gasteiger partial charge in [0.2, 0.25) is 0 Å². The standard InChI is InChI=1S/C11H21NO4/c1-4-7-12(10(13)15-8-5-2)11(14)16-9-6-3/h4-9H2,1-3H3. The lowest BCUT2D eigenvalue weighted by atomic mass is 10.4. The van der Waals surface area contributed by atoms with E-state index in [0.717, 1.165) is 17.7 Å². The fraction of sp³-hybridized carbons (Fsp3) is 0.818. The van der Waals surface area contributed by atoms with Gasteiger partial charge >= 0.3 is 12.2 Å². The Kier molecular flexibility index (Phi) is 8.29. The molecule has 0 fully saturated rings. The topological polar surface area (TPSA) is 55.8 Å². The fourth-order valence-electron chi connectivity index (χ4n) is 1.02. The summed E-state index contributed by atoms with van der Waals surface area (Å²) >= 11 is 0. The molecule has 0 saturated carbocycles. The molecule has 0 unspecified atom stereocenters. The van der Waals surface area contributed by atoms with E-state index in [9.17, 15) is 9.59 Å². The third kappa shape index (κ3) is 5.58. The van der Waals surface area contributed by atoms with Crippen molar-refractivity contribution in [3.8, 4) is 0 Å². The van der Waals surface area contributed by atoms with Gasteiger partial charge in [-0.3, -0.25) is 0 Å². The lowest BCUT2D eigenvalue weighted by Crippen LogP contribution is -2.38. The molecular formula is C11H21NO4. The molecule has 0 aliphatic heterocycles. The Labute approximate surface area is 96.7 Å². The van der Waals surface area contributed by atoms with E-state index in [1.807, 2.05) is 20.8 Å². The minimum absolute atomic E-state index is 0.320. The van der Waals surface area contributed by atoms with E-state index in [4.69, 9.17) is 9.47 Å². The first-order valence-electron chi connectivity index (χ1n) is 5.78. The summed E-state index contributed by atoms with van der Waals surface area (Å²) in [7, 11) is 0. The van der Waals surface area contributed by atoms with Gasteiger partial charge in [-0.25, -0.2) is 14.5 Å². The van der Waals surface area contributed by atoms with Crippen LogP contribution in [0.3, 0.4) is 0 Å². The number of amides is 2. The van der Waals surface area contributed by atoms with E-state index in [1.54, 1.807) is 0 Å². The smallest absolute Gasteiger partial charge is 0.419 e. The molecule has 2 amide bonds. The lowest BCUT2D eigenvalue weighted by Gasteiger charge is -2.18. The van der Waals surface area contributed by atoms with Crippen molar-refractivity contribution in [2.45, 2.75) is 40.0 Å². The molecule has 0 atom stereocenters. The molecule has 0 aliphatic carbocycles. The highest BCUT2D eigenvalue weighted by Crippen LogP contribution is 2.01. The SMILES string of the molecule is CCCOC(=O)N(CCC)C(=O)OCCC. The van der Waals surface area contributed by atoms with Crippen LogP contribution in [-0.2, 0) is 9.47 Å². The maximum absolute atomic E-state index is 11.5. The molecule has 94 valence electrons. The molecule has 0 aromatic rings. The summed E-state index contributed by atoms with van der Waals surface area (Å²) in [5.74, 6) is 0. The minimum atomic E-state index is -0.621. The molecule has 0 aromatic heterocycles. The lowest BCUT2D eigenvalue weighted by molar-refractivity contribution is 0.0765. The van der Waals surface area contributed by atoms with Crippen molar-refractivity contribution in [1.29, 1.82) is 0 Å². The Bertz CT molecular complexity index is 198. The Balaban J connectivity index is 4.22. The average molecular weight is 231 g/mol. The molecule has 0 aliphatic rings. The summed E-state index contributed by atoms with van der Waals surface area (Å²) in [5.41, 5.74) is 0. The summed E-state index contributed by atoms with van der Waals surface area (Å²) in [6, 6.07) is 0. The van der Waals surface area contributed by atoms with E-state index in [2.05, 4.69) is 0 Å². The number of ether oxygens (including phenoxy) is 2. The number of carbonyl (C=O) groups excluding carboxylic acids is 2. The maximum atomic E-state index is 11.5. The van der Waals surface area contributed by atoms with Crippen molar-refractivity contribution in [3.63, 3.8) is 0 Å². The second-order valence-electron chi connectivity index (χ2n) is 3.38. The van der Waals surface area contributed by atoms with Crippen LogP contribution in [0.1, 0.15) is 40.0 Å². The van der Waals surface area contributed by atoms with Crippen LogP contribution in [-0.4, -0.2) is 36.8 Å². The highest BCUT2D eigenvalue weighted by molar-refractivity contribution is 5.87. The Morgan fingerprint density at radius 1 is 0.875 bits per heavy atom. The van der Waals surface area contributed by atoms with E-state index in [0.29, 0.717) is 26.2 Å². The molecule has 0 aromatic carbocycles. The molecule has 0 radical (unpaired) electrons. The average Bonchev–Trinajstić information content (AvgIpc) is 2.29. The molecule has 0 heterocycles. The quantitative estimate of drug-likeness (QED) is 0.705. The summed E-state index contributed by atoms with van der Waals surface area (Å²) in [5, 5.41) is 0. The minimum Gasteiger partial charge on any atom is -0.449 e. The van der Waals surface area contributed by atoms with Crippen LogP contribution >= 0.6 is 0 Å². The number of imide groups is 1. The molecule has 0 spiro atoms. The Hall–Kier alpha value is -1.26. The van der Waals surface area contributed by atoms with E-state index in [-0.39, 0.29) is 0 Å². The largest absolute Gasteiger partial charge is 0.449 e. The van der Waals surface area contributed by atoms with Crippen LogP contribution in [0.2, 0.25) is 0 Å². The molecule has 0 saturated heterocycles. The molecule has 0 N–H and O–H groups in total. The first-order chi connectivity index (χ1) is 7.67. The monoisotopic (exact) mass is 231 g/mol. The van der Waals surface area contributed by atoms with Gasteiger partial charge in [-0.15, -0.1) is 0 Å². The molecular weight excluding hydrogens is 210 g/mol. The number of hydrogen-bond acceptors (Lipinski definition) is 4. The van der Waals surface area contributed by atoms with Crippen LogP contribution in [0.15, 0.2) is 0 Å². The molecule has 5 nitrogen and oxygen atoms in total. The first kappa shape index (κ1) is 14.7. The highest BCUT2D eigenvalue weighted by atomic mass is 16.6. The Morgan fingerprint density at radius 3 is 1.62 bits per heavy atom. The first-order valence-corrected chi connectivity index (χ1v) is 5.78. The van der Waals surface area contributed by atoms with Crippen molar-refractivity contribution in [3.05, 3.63) is 0 Å². The van der Waals surface area contributed by atoms with Crippen molar-refractivity contribution >= 4 is 12.2 Å². The summed E-state index contributed by atoms with van der Waals surface area (Å²) < 4.78 is 9.79. The predicted molar refractivity (Wildman–Crippen MR) is 60.3 cm³/mol. The van der Waals surface area contributed by atoms with Gasteiger partial charge in [-0.05, 0) is 19.3 Å². The van der Waals surface area contributed by atoms with Crippen LogP contribution in [0.5, 0.6) is 0 Å². The Morgan fingerprint density at radius 2 is 1.31 bits per heavy atom. The van der Waals surface area contributed by atoms with Crippen molar-refractivity contribution in [2.75, 3.05) is 19.8 Å². The van der Waals surface area contributed by atoms with Crippen molar-refractivity contribution in [2.24, 2.45) is 0 Å². The third-order valence-electron chi connectivity index (χ3n) is 1.75. The van der Waals surface area contributed by atoms with Gasteiger partial charge in [0.05, 0.1) is 13.2 Å². The van der Waals surface area contributed by atoms with E-state index < -0.39 is 12.2 Å². The molecule has 5 heteroatoms. The van der Waals surface area contributed by atoms with Gasteiger partial charge in [0, 0.05) is 6.54 Å². The molecule has 0 bridgehead atoms. The van der Waals surface area contributed by atoms with Gasteiger partial charge in [-0.1, -0.05) is 20.8 Å².